The molecule has 0 amide bonds. The van der Waals surface area contributed by atoms with Crippen LogP contribution >= 0.6 is 0 Å². The van der Waals surface area contributed by atoms with E-state index in [4.69, 9.17) is 15.2 Å². The number of unbranched alkanes of at least 4 members (excludes halogenated alkanes) is 4. The van der Waals surface area contributed by atoms with Crippen molar-refractivity contribution in [3.63, 3.8) is 0 Å². The molecular weight excluding hydrogens is 623 g/mol. The van der Waals surface area contributed by atoms with Crippen LogP contribution in [0.4, 0.5) is 0 Å². The van der Waals surface area contributed by atoms with Gasteiger partial charge in [-0.2, -0.15) is 0 Å². The largest absolute Gasteiger partial charge is 0.490 e. The summed E-state index contributed by atoms with van der Waals surface area (Å²) in [5, 5.41) is 0. The SMILES string of the molecule is CCCCCC(CC)Cc1ccc(-c2cc(Oc3ccc4c(c3)C(N)=CC=C(C)C4C)cc(-c3ccc(OC(CC)CCCCC)cc3)c2)cc1. The fourth-order valence-corrected chi connectivity index (χ4v) is 7.24. The van der Waals surface area contributed by atoms with Gasteiger partial charge in [-0.25, -0.2) is 0 Å². The minimum absolute atomic E-state index is 0.255. The Morgan fingerprint density at radius 1 is 0.627 bits per heavy atom. The molecule has 0 radical (unpaired) electrons. The van der Waals surface area contributed by atoms with Crippen LogP contribution in [-0.2, 0) is 6.42 Å². The Bertz CT molecular complexity index is 1670. The molecule has 0 bridgehead atoms. The number of hydrogen-bond acceptors (Lipinski definition) is 3. The molecule has 0 heterocycles. The zero-order valence-corrected chi connectivity index (χ0v) is 32.1. The van der Waals surface area contributed by atoms with Gasteiger partial charge >= 0.3 is 0 Å². The first-order valence-electron chi connectivity index (χ1n) is 19.8. The quantitative estimate of drug-likeness (QED) is 0.106. The van der Waals surface area contributed by atoms with E-state index >= 15 is 0 Å². The Morgan fingerprint density at radius 3 is 1.88 bits per heavy atom. The smallest absolute Gasteiger partial charge is 0.128 e. The molecule has 5 rings (SSSR count). The summed E-state index contributed by atoms with van der Waals surface area (Å²) < 4.78 is 13.1. The molecule has 0 aliphatic heterocycles. The van der Waals surface area contributed by atoms with Crippen LogP contribution in [0.5, 0.6) is 17.2 Å². The fourth-order valence-electron chi connectivity index (χ4n) is 7.24. The summed E-state index contributed by atoms with van der Waals surface area (Å²) in [6.07, 6.45) is 17.8. The highest BCUT2D eigenvalue weighted by Gasteiger charge is 2.18. The van der Waals surface area contributed by atoms with Gasteiger partial charge < -0.3 is 15.2 Å². The molecule has 270 valence electrons. The Balaban J connectivity index is 1.44. The second-order valence-electron chi connectivity index (χ2n) is 14.7. The Morgan fingerprint density at radius 2 is 1.25 bits per heavy atom. The lowest BCUT2D eigenvalue weighted by atomic mass is 9.90. The van der Waals surface area contributed by atoms with Gasteiger partial charge in [-0.15, -0.1) is 0 Å². The Labute approximate surface area is 309 Å². The van der Waals surface area contributed by atoms with E-state index in [1.54, 1.807) is 0 Å². The molecule has 0 aromatic heterocycles. The highest BCUT2D eigenvalue weighted by Crippen LogP contribution is 2.38. The van der Waals surface area contributed by atoms with Crippen molar-refractivity contribution in [1.29, 1.82) is 0 Å². The first-order valence-corrected chi connectivity index (χ1v) is 19.8. The zero-order valence-electron chi connectivity index (χ0n) is 32.1. The van der Waals surface area contributed by atoms with Gasteiger partial charge in [0.05, 0.1) is 6.10 Å². The van der Waals surface area contributed by atoms with Crippen LogP contribution in [0.25, 0.3) is 28.0 Å². The Kier molecular flexibility index (Phi) is 14.0. The summed E-state index contributed by atoms with van der Waals surface area (Å²) in [6, 6.07) is 30.7. The van der Waals surface area contributed by atoms with Crippen molar-refractivity contribution >= 4 is 5.70 Å². The van der Waals surface area contributed by atoms with E-state index in [1.165, 1.54) is 73.6 Å². The van der Waals surface area contributed by atoms with Crippen LogP contribution in [0.3, 0.4) is 0 Å². The summed E-state index contributed by atoms with van der Waals surface area (Å²) in [4.78, 5) is 0. The van der Waals surface area contributed by atoms with Gasteiger partial charge in [-0.1, -0.05) is 134 Å². The number of rotatable bonds is 18. The van der Waals surface area contributed by atoms with Crippen LogP contribution in [-0.4, -0.2) is 6.10 Å². The summed E-state index contributed by atoms with van der Waals surface area (Å²) in [7, 11) is 0. The fraction of sp³-hybridized carbons (Fsp3) is 0.417. The predicted molar refractivity (Wildman–Crippen MR) is 219 cm³/mol. The number of allylic oxidation sites excluding steroid dienone is 3. The van der Waals surface area contributed by atoms with Crippen LogP contribution in [0.15, 0.2) is 103 Å². The maximum Gasteiger partial charge on any atom is 0.128 e. The lowest BCUT2D eigenvalue weighted by molar-refractivity contribution is 0.183. The van der Waals surface area contributed by atoms with Crippen molar-refractivity contribution < 1.29 is 9.47 Å². The predicted octanol–water partition coefficient (Wildman–Crippen LogP) is 14.1. The highest BCUT2D eigenvalue weighted by molar-refractivity contribution is 5.76. The third-order valence-electron chi connectivity index (χ3n) is 10.8. The molecule has 0 saturated carbocycles. The summed E-state index contributed by atoms with van der Waals surface area (Å²) in [6.45, 7) is 13.5. The topological polar surface area (TPSA) is 44.5 Å². The number of ether oxygens (including phenoxy) is 2. The minimum Gasteiger partial charge on any atom is -0.490 e. The standard InChI is InChI=1S/C48H61NO2/c1-7-11-13-15-36(9-3)29-37-18-20-38(21-19-37)40-30-41(39-22-24-43(25-23-39)50-42(10-4)16-14-12-8-2)32-45(31-40)51-44-26-27-46-35(6)34(5)17-28-48(49)47(46)33-44/h17-28,30-33,35-36,42H,7-16,29,49H2,1-6H3. The monoisotopic (exact) mass is 683 g/mol. The van der Waals surface area contributed by atoms with E-state index < -0.39 is 0 Å². The van der Waals surface area contributed by atoms with E-state index in [2.05, 4.69) is 133 Å². The average Bonchev–Trinajstić information content (AvgIpc) is 3.26. The third kappa shape index (κ3) is 10.4. The van der Waals surface area contributed by atoms with Gasteiger partial charge in [-0.3, -0.25) is 0 Å². The maximum atomic E-state index is 6.67. The number of benzene rings is 4. The van der Waals surface area contributed by atoms with Crippen molar-refractivity contribution in [2.24, 2.45) is 11.7 Å². The molecule has 1 aliphatic rings. The van der Waals surface area contributed by atoms with E-state index in [9.17, 15) is 0 Å². The number of fused-ring (bicyclic) bond motifs is 1. The summed E-state index contributed by atoms with van der Waals surface area (Å²) in [5.74, 6) is 3.55. The molecule has 0 spiro atoms. The molecule has 3 heteroatoms. The molecule has 4 aromatic rings. The van der Waals surface area contributed by atoms with Gasteiger partial charge in [-0.05, 0) is 120 Å². The van der Waals surface area contributed by atoms with E-state index in [0.29, 0.717) is 5.92 Å². The molecule has 3 unspecified atom stereocenters. The zero-order chi connectivity index (χ0) is 36.2. The minimum atomic E-state index is 0.255. The van der Waals surface area contributed by atoms with Gasteiger partial charge in [0.2, 0.25) is 0 Å². The van der Waals surface area contributed by atoms with Gasteiger partial charge in [0.1, 0.15) is 17.2 Å². The second kappa shape index (κ2) is 18.8. The average molecular weight is 684 g/mol. The van der Waals surface area contributed by atoms with Crippen molar-refractivity contribution in [3.05, 3.63) is 119 Å². The molecule has 51 heavy (non-hydrogen) atoms. The highest BCUT2D eigenvalue weighted by atomic mass is 16.5. The molecule has 2 N–H and O–H groups in total. The third-order valence-corrected chi connectivity index (χ3v) is 10.8. The first-order chi connectivity index (χ1) is 24.8. The lowest BCUT2D eigenvalue weighted by Crippen LogP contribution is -2.15. The molecule has 1 aliphatic carbocycles. The molecular formula is C48H61NO2. The summed E-state index contributed by atoms with van der Waals surface area (Å²) >= 11 is 0. The van der Waals surface area contributed by atoms with Gasteiger partial charge in [0.25, 0.3) is 0 Å². The Hall–Kier alpha value is -4.24. The lowest BCUT2D eigenvalue weighted by Gasteiger charge is -2.18. The molecule has 0 fully saturated rings. The van der Waals surface area contributed by atoms with Gasteiger partial charge in [0, 0.05) is 17.2 Å². The van der Waals surface area contributed by atoms with E-state index in [0.717, 1.165) is 70.4 Å². The van der Waals surface area contributed by atoms with Crippen LogP contribution in [0.1, 0.15) is 128 Å². The first kappa shape index (κ1) is 38.0. The van der Waals surface area contributed by atoms with Crippen LogP contribution < -0.4 is 15.2 Å². The molecule has 3 atom stereocenters. The number of nitrogens with two attached hydrogens (primary N) is 1. The number of hydrogen-bond donors (Lipinski definition) is 1. The van der Waals surface area contributed by atoms with E-state index in [-0.39, 0.29) is 6.10 Å². The molecule has 3 nitrogen and oxygen atoms in total. The molecule has 4 aromatic carbocycles. The van der Waals surface area contributed by atoms with Gasteiger partial charge in [0.15, 0.2) is 0 Å². The maximum absolute atomic E-state index is 6.67. The van der Waals surface area contributed by atoms with Crippen molar-refractivity contribution in [3.8, 4) is 39.5 Å². The van der Waals surface area contributed by atoms with Crippen molar-refractivity contribution in [2.75, 3.05) is 0 Å². The second-order valence-corrected chi connectivity index (χ2v) is 14.7. The van der Waals surface area contributed by atoms with Crippen molar-refractivity contribution in [1.82, 2.24) is 0 Å². The van der Waals surface area contributed by atoms with Crippen LogP contribution in [0, 0.1) is 5.92 Å². The normalized spacial score (nSPS) is 15.3. The van der Waals surface area contributed by atoms with E-state index in [1.807, 2.05) is 6.08 Å². The van der Waals surface area contributed by atoms with Crippen LogP contribution in [0.2, 0.25) is 0 Å². The van der Waals surface area contributed by atoms with Crippen molar-refractivity contribution in [2.45, 2.75) is 124 Å². The molecule has 0 saturated heterocycles. The summed E-state index contributed by atoms with van der Waals surface area (Å²) in [5.41, 5.74) is 16.9.